The van der Waals surface area contributed by atoms with Gasteiger partial charge in [0.25, 0.3) is 0 Å². The number of ether oxygens (including phenoxy) is 4. The number of amides is 1. The van der Waals surface area contributed by atoms with Crippen molar-refractivity contribution >= 4 is 5.91 Å². The lowest BCUT2D eigenvalue weighted by molar-refractivity contribution is -0.359. The summed E-state index contributed by atoms with van der Waals surface area (Å²) in [5.74, 6) is -0.235. The van der Waals surface area contributed by atoms with E-state index in [1.807, 2.05) is 6.08 Å². The Labute approximate surface area is 649 Å². The molecular weight excluding hydrogens is 1330 g/mol. The van der Waals surface area contributed by atoms with Gasteiger partial charge in [-0.2, -0.15) is 0 Å². The maximum atomic E-state index is 13.4. The zero-order chi connectivity index (χ0) is 76.5. The van der Waals surface area contributed by atoms with Crippen LogP contribution >= 0.6 is 0 Å². The van der Waals surface area contributed by atoms with Crippen molar-refractivity contribution in [3.8, 4) is 0 Å². The van der Waals surface area contributed by atoms with E-state index < -0.39 is 86.8 Å². The van der Waals surface area contributed by atoms with E-state index >= 15 is 0 Å². The number of unbranched alkanes of at least 4 members (excludes halogenated alkanes) is 48. The molecule has 0 saturated carbocycles. The average Bonchev–Trinajstić information content (AvgIpc) is 0.789. The van der Waals surface area contributed by atoms with Gasteiger partial charge in [0.1, 0.15) is 48.8 Å². The molecule has 2 aliphatic heterocycles. The number of carbonyl (C=O) groups is 1. The van der Waals surface area contributed by atoms with Gasteiger partial charge < -0.3 is 65.1 Å². The molecular formula is C92H165NO13. The van der Waals surface area contributed by atoms with Crippen LogP contribution in [0.4, 0.5) is 0 Å². The van der Waals surface area contributed by atoms with Crippen molar-refractivity contribution in [2.75, 3.05) is 19.8 Å². The molecule has 0 spiro atoms. The molecule has 9 N–H and O–H groups in total. The lowest BCUT2D eigenvalue weighted by atomic mass is 9.97. The fourth-order valence-electron chi connectivity index (χ4n) is 14.3. The van der Waals surface area contributed by atoms with E-state index in [0.29, 0.717) is 6.42 Å². The number of hydrogen-bond donors (Lipinski definition) is 9. The van der Waals surface area contributed by atoms with Crippen molar-refractivity contribution in [3.63, 3.8) is 0 Å². The average molecular weight is 1490 g/mol. The van der Waals surface area contributed by atoms with E-state index in [-0.39, 0.29) is 18.9 Å². The highest BCUT2D eigenvalue weighted by Gasteiger charge is 2.51. The van der Waals surface area contributed by atoms with Gasteiger partial charge in [-0.05, 0) is 77.0 Å². The fraction of sp³-hybridized carbons (Fsp3) is 0.815. The summed E-state index contributed by atoms with van der Waals surface area (Å²) in [6.45, 7) is 2.74. The van der Waals surface area contributed by atoms with E-state index in [1.165, 1.54) is 276 Å². The smallest absolute Gasteiger partial charge is 0.220 e. The van der Waals surface area contributed by atoms with Gasteiger partial charge in [0, 0.05) is 6.42 Å². The van der Waals surface area contributed by atoms with Gasteiger partial charge in [-0.25, -0.2) is 0 Å². The van der Waals surface area contributed by atoms with Crippen LogP contribution in [0.25, 0.3) is 0 Å². The first-order chi connectivity index (χ1) is 52.1. The molecule has 616 valence electrons. The maximum Gasteiger partial charge on any atom is 0.220 e. The van der Waals surface area contributed by atoms with Crippen LogP contribution in [0.5, 0.6) is 0 Å². The summed E-state index contributed by atoms with van der Waals surface area (Å²) < 4.78 is 23.0. The number of hydrogen-bond acceptors (Lipinski definition) is 13. The van der Waals surface area contributed by atoms with Gasteiger partial charge in [-0.1, -0.05) is 400 Å². The Morgan fingerprint density at radius 1 is 0.349 bits per heavy atom. The van der Waals surface area contributed by atoms with Gasteiger partial charge in [0.2, 0.25) is 5.91 Å². The highest BCUT2D eigenvalue weighted by molar-refractivity contribution is 5.76. The summed E-state index contributed by atoms with van der Waals surface area (Å²) in [6, 6.07) is -0.921. The number of rotatable bonds is 75. The third kappa shape index (κ3) is 56.2. The monoisotopic (exact) mass is 1490 g/mol. The van der Waals surface area contributed by atoms with Crippen molar-refractivity contribution in [1.29, 1.82) is 0 Å². The predicted molar refractivity (Wildman–Crippen MR) is 443 cm³/mol. The maximum absolute atomic E-state index is 13.4. The summed E-state index contributed by atoms with van der Waals surface area (Å²) in [5.41, 5.74) is 0. The molecule has 2 rings (SSSR count). The number of aliphatic hydroxyl groups is 8. The normalized spacial score (nSPS) is 21.8. The summed E-state index contributed by atoms with van der Waals surface area (Å²) in [7, 11) is 0. The summed E-state index contributed by atoms with van der Waals surface area (Å²) in [5, 5.41) is 87.9. The Bertz CT molecular complexity index is 2160. The molecule has 12 atom stereocenters. The molecule has 0 aromatic rings. The SMILES string of the molecule is CC/C=C\C/C=C\C/C=C\C/C=C\C/C=C\C/C=C\C/C=C\CCCCCCCCCCCCCCCCCCCC(=O)NC(COC1OC(CO)C(OC2OC(CO)C(O)C(O)C2O)C(O)C1O)C(O)/C=C/CCCCCCCCCCCCCCCCCCCCCCCCCCCCCCCCC. The molecule has 12 unspecified atom stereocenters. The molecule has 2 aliphatic rings. The number of nitrogens with one attached hydrogen (secondary N) is 1. The molecule has 0 bridgehead atoms. The lowest BCUT2D eigenvalue weighted by Gasteiger charge is -2.46. The van der Waals surface area contributed by atoms with Crippen LogP contribution in [0.15, 0.2) is 97.2 Å². The summed E-state index contributed by atoms with van der Waals surface area (Å²) in [4.78, 5) is 13.4. The molecule has 0 aliphatic carbocycles. The highest BCUT2D eigenvalue weighted by Crippen LogP contribution is 2.30. The molecule has 14 nitrogen and oxygen atoms in total. The van der Waals surface area contributed by atoms with Crippen molar-refractivity contribution in [3.05, 3.63) is 97.2 Å². The van der Waals surface area contributed by atoms with Crippen molar-refractivity contribution in [2.45, 2.75) is 460 Å². The third-order valence-electron chi connectivity index (χ3n) is 21.3. The van der Waals surface area contributed by atoms with E-state index in [1.54, 1.807) is 6.08 Å². The van der Waals surface area contributed by atoms with Gasteiger partial charge in [0.15, 0.2) is 12.6 Å². The number of carbonyl (C=O) groups excluding carboxylic acids is 1. The van der Waals surface area contributed by atoms with E-state index in [0.717, 1.165) is 83.5 Å². The fourth-order valence-corrected chi connectivity index (χ4v) is 14.3. The second-order valence-electron chi connectivity index (χ2n) is 31.0. The molecule has 106 heavy (non-hydrogen) atoms. The zero-order valence-corrected chi connectivity index (χ0v) is 67.9. The van der Waals surface area contributed by atoms with Gasteiger partial charge >= 0.3 is 0 Å². The summed E-state index contributed by atoms with van der Waals surface area (Å²) >= 11 is 0. The van der Waals surface area contributed by atoms with Crippen molar-refractivity contribution in [1.82, 2.24) is 5.32 Å². The quantitative estimate of drug-likeness (QED) is 0.0204. The molecule has 2 heterocycles. The van der Waals surface area contributed by atoms with Crippen LogP contribution in [0.1, 0.15) is 386 Å². The zero-order valence-electron chi connectivity index (χ0n) is 67.9. The van der Waals surface area contributed by atoms with Crippen LogP contribution in [-0.2, 0) is 23.7 Å². The first kappa shape index (κ1) is 99.0. The van der Waals surface area contributed by atoms with Crippen molar-refractivity contribution in [2.24, 2.45) is 0 Å². The minimum absolute atomic E-state index is 0.235. The second-order valence-corrected chi connectivity index (χ2v) is 31.0. The van der Waals surface area contributed by atoms with Crippen LogP contribution in [0, 0.1) is 0 Å². The van der Waals surface area contributed by atoms with E-state index in [9.17, 15) is 45.6 Å². The molecule has 2 saturated heterocycles. The molecule has 2 fully saturated rings. The topological polar surface area (TPSA) is 228 Å². The second kappa shape index (κ2) is 74.6. The minimum atomic E-state index is -1.79. The predicted octanol–water partition coefficient (Wildman–Crippen LogP) is 21.6. The van der Waals surface area contributed by atoms with Gasteiger partial charge in [-0.15, -0.1) is 0 Å². The number of aliphatic hydroxyl groups excluding tert-OH is 8. The molecule has 14 heteroatoms. The third-order valence-corrected chi connectivity index (χ3v) is 21.3. The Morgan fingerprint density at radius 3 is 1.00 bits per heavy atom. The molecule has 0 radical (unpaired) electrons. The van der Waals surface area contributed by atoms with Gasteiger partial charge in [-0.3, -0.25) is 4.79 Å². The van der Waals surface area contributed by atoms with Crippen LogP contribution in [0.2, 0.25) is 0 Å². The van der Waals surface area contributed by atoms with Crippen LogP contribution in [0.3, 0.4) is 0 Å². The van der Waals surface area contributed by atoms with E-state index in [4.69, 9.17) is 18.9 Å². The standard InChI is InChI=1S/C92H165NO13/c1-3-5-7-9-11-13-15-17-19-21-23-25-27-29-31-33-35-37-38-39-40-41-42-44-46-48-50-52-54-56-58-60-62-64-66-68-70-72-74-76-84(97)93-80(79-103-91-89(102)87(100)90(83(78-95)105-91)106-92-88(101)86(99)85(98)82(77-94)104-92)81(96)75-73-71-69-67-65-63-61-59-57-55-53-51-49-47-45-43-36-34-32-30-28-26-24-22-20-18-16-14-12-10-8-6-4-2/h5,7,11,13,17,19,23,25,29,31,35,37,39-40,73,75,80-83,85-92,94-96,98-102H,3-4,6,8-10,12,14-16,18,20-22,24,26-28,30,32-34,36,38,41-72,74,76-79H2,1-2H3,(H,93,97)/b7-5-,13-11-,19-17-,25-23-,31-29-,37-35-,40-39-,75-73+. The molecule has 0 aromatic carbocycles. The van der Waals surface area contributed by atoms with Crippen LogP contribution < -0.4 is 5.32 Å². The first-order valence-electron chi connectivity index (χ1n) is 44.5. The molecule has 0 aromatic heterocycles. The Balaban J connectivity index is 1.58. The minimum Gasteiger partial charge on any atom is -0.394 e. The Morgan fingerprint density at radius 2 is 0.651 bits per heavy atom. The first-order valence-corrected chi connectivity index (χ1v) is 44.5. The van der Waals surface area contributed by atoms with Crippen molar-refractivity contribution < 1.29 is 64.6 Å². The molecule has 1 amide bonds. The van der Waals surface area contributed by atoms with Gasteiger partial charge in [0.05, 0.1) is 32.0 Å². The Kier molecular flexibility index (Phi) is 69.7. The number of allylic oxidation sites excluding steroid dienone is 15. The van der Waals surface area contributed by atoms with E-state index in [2.05, 4.69) is 104 Å². The summed E-state index contributed by atoms with van der Waals surface area (Å²) in [6.07, 6.45) is 90.8. The lowest BCUT2D eigenvalue weighted by Crippen LogP contribution is -2.65. The van der Waals surface area contributed by atoms with Crippen LogP contribution in [-0.4, -0.2) is 140 Å². The Hall–Kier alpha value is -3.09. The highest BCUT2D eigenvalue weighted by atomic mass is 16.7. The largest absolute Gasteiger partial charge is 0.394 e.